The predicted octanol–water partition coefficient (Wildman–Crippen LogP) is 4.90. The van der Waals surface area contributed by atoms with Gasteiger partial charge in [-0.05, 0) is 31.2 Å². The van der Waals surface area contributed by atoms with Gasteiger partial charge in [0.1, 0.15) is 11.5 Å². The maximum Gasteiger partial charge on any atom is 0.159 e. The number of hydrogen-bond donors (Lipinski definition) is 0. The van der Waals surface area contributed by atoms with Crippen LogP contribution >= 0.6 is 0 Å². The minimum absolute atomic E-state index is 0.0571. The van der Waals surface area contributed by atoms with Crippen LogP contribution in [0.3, 0.4) is 0 Å². The van der Waals surface area contributed by atoms with Crippen LogP contribution in [-0.2, 0) is 0 Å². The van der Waals surface area contributed by atoms with Crippen molar-refractivity contribution in [2.24, 2.45) is 4.99 Å². The maximum absolute atomic E-state index is 11.3. The van der Waals surface area contributed by atoms with E-state index in [4.69, 9.17) is 4.42 Å². The smallest absolute Gasteiger partial charge is 0.159 e. The van der Waals surface area contributed by atoms with E-state index in [2.05, 4.69) is 4.99 Å². The van der Waals surface area contributed by atoms with Crippen molar-refractivity contribution in [1.29, 1.82) is 0 Å². The number of benzene rings is 2. The molecule has 22 heavy (non-hydrogen) atoms. The standard InChI is InChI=1S/C19H15NO2/c1-14(21)15-7-9-16(10-8-15)19-12-11-18(22-19)13-20-17-5-3-2-4-6-17/h2-13H,1H3. The Morgan fingerprint density at radius 1 is 0.955 bits per heavy atom. The summed E-state index contributed by atoms with van der Waals surface area (Å²) in [5, 5.41) is 0. The molecular formula is C19H15NO2. The number of hydrogen-bond acceptors (Lipinski definition) is 3. The molecule has 0 saturated carbocycles. The molecule has 0 aliphatic carbocycles. The molecule has 3 aromatic rings. The summed E-state index contributed by atoms with van der Waals surface area (Å²) in [5.41, 5.74) is 2.51. The van der Waals surface area contributed by atoms with Crippen molar-refractivity contribution < 1.29 is 9.21 Å². The van der Waals surface area contributed by atoms with E-state index < -0.39 is 0 Å². The Labute approximate surface area is 128 Å². The minimum atomic E-state index is 0.0571. The minimum Gasteiger partial charge on any atom is -0.455 e. The van der Waals surface area contributed by atoms with Gasteiger partial charge in [-0.15, -0.1) is 0 Å². The lowest BCUT2D eigenvalue weighted by molar-refractivity contribution is 0.101. The van der Waals surface area contributed by atoms with Crippen LogP contribution in [0.4, 0.5) is 5.69 Å². The van der Waals surface area contributed by atoms with Gasteiger partial charge in [-0.3, -0.25) is 9.79 Å². The van der Waals surface area contributed by atoms with Crippen molar-refractivity contribution in [3.63, 3.8) is 0 Å². The summed E-state index contributed by atoms with van der Waals surface area (Å²) in [7, 11) is 0. The average Bonchev–Trinajstić information content (AvgIpc) is 3.03. The van der Waals surface area contributed by atoms with Gasteiger partial charge < -0.3 is 4.42 Å². The molecule has 0 saturated heterocycles. The van der Waals surface area contributed by atoms with E-state index in [1.54, 1.807) is 25.3 Å². The summed E-state index contributed by atoms with van der Waals surface area (Å²) >= 11 is 0. The number of para-hydroxylation sites is 1. The molecule has 3 heteroatoms. The first-order chi connectivity index (χ1) is 10.7. The molecule has 0 aliphatic heterocycles. The molecule has 0 spiro atoms. The van der Waals surface area contributed by atoms with Gasteiger partial charge >= 0.3 is 0 Å². The fourth-order valence-corrected chi connectivity index (χ4v) is 2.10. The van der Waals surface area contributed by atoms with Gasteiger partial charge in [0.05, 0.1) is 11.9 Å². The molecule has 3 rings (SSSR count). The Bertz CT molecular complexity index is 799. The van der Waals surface area contributed by atoms with E-state index in [9.17, 15) is 4.79 Å². The number of aliphatic imine (C=N–C) groups is 1. The van der Waals surface area contributed by atoms with Crippen molar-refractivity contribution >= 4 is 17.7 Å². The normalized spacial score (nSPS) is 11.0. The fourth-order valence-electron chi connectivity index (χ4n) is 2.10. The van der Waals surface area contributed by atoms with Crippen LogP contribution in [0.5, 0.6) is 0 Å². The van der Waals surface area contributed by atoms with Gasteiger partial charge in [-0.25, -0.2) is 0 Å². The van der Waals surface area contributed by atoms with E-state index in [0.29, 0.717) is 11.3 Å². The highest BCUT2D eigenvalue weighted by atomic mass is 16.3. The van der Waals surface area contributed by atoms with E-state index in [0.717, 1.165) is 17.0 Å². The highest BCUT2D eigenvalue weighted by Gasteiger charge is 2.05. The lowest BCUT2D eigenvalue weighted by atomic mass is 10.1. The number of ketones is 1. The Morgan fingerprint density at radius 3 is 2.36 bits per heavy atom. The quantitative estimate of drug-likeness (QED) is 0.506. The predicted molar refractivity (Wildman–Crippen MR) is 87.8 cm³/mol. The van der Waals surface area contributed by atoms with E-state index in [1.807, 2.05) is 54.6 Å². The molecule has 1 heterocycles. The highest BCUT2D eigenvalue weighted by Crippen LogP contribution is 2.22. The first kappa shape index (κ1) is 14.0. The summed E-state index contributed by atoms with van der Waals surface area (Å²) in [5.74, 6) is 1.50. The number of nitrogens with zero attached hydrogens (tertiary/aromatic N) is 1. The molecule has 0 bridgehead atoms. The van der Waals surface area contributed by atoms with Crippen LogP contribution in [0.2, 0.25) is 0 Å². The Balaban J connectivity index is 1.79. The second-order valence-electron chi connectivity index (χ2n) is 4.93. The number of carbonyl (C=O) groups excluding carboxylic acids is 1. The van der Waals surface area contributed by atoms with Crippen LogP contribution in [0, 0.1) is 0 Å². The molecule has 0 amide bonds. The molecule has 0 radical (unpaired) electrons. The van der Waals surface area contributed by atoms with Crippen molar-refractivity contribution in [2.75, 3.05) is 0 Å². The molecule has 0 N–H and O–H groups in total. The molecule has 2 aromatic carbocycles. The van der Waals surface area contributed by atoms with Crippen molar-refractivity contribution in [3.05, 3.63) is 78.1 Å². The number of rotatable bonds is 4. The van der Waals surface area contributed by atoms with Gasteiger partial charge in [0.15, 0.2) is 5.78 Å². The van der Waals surface area contributed by atoms with Crippen LogP contribution in [-0.4, -0.2) is 12.0 Å². The number of carbonyl (C=O) groups is 1. The summed E-state index contributed by atoms with van der Waals surface area (Å²) in [6, 6.07) is 20.8. The van der Waals surface area contributed by atoms with Crippen LogP contribution < -0.4 is 0 Å². The van der Waals surface area contributed by atoms with Gasteiger partial charge in [0, 0.05) is 11.1 Å². The summed E-state index contributed by atoms with van der Waals surface area (Å²) in [6.07, 6.45) is 1.70. The summed E-state index contributed by atoms with van der Waals surface area (Å²) < 4.78 is 5.76. The molecule has 0 aliphatic rings. The molecule has 0 fully saturated rings. The average molecular weight is 289 g/mol. The van der Waals surface area contributed by atoms with Crippen molar-refractivity contribution in [3.8, 4) is 11.3 Å². The second kappa shape index (κ2) is 6.22. The monoisotopic (exact) mass is 289 g/mol. The van der Waals surface area contributed by atoms with Gasteiger partial charge in [0.2, 0.25) is 0 Å². The van der Waals surface area contributed by atoms with Gasteiger partial charge in [0.25, 0.3) is 0 Å². The largest absolute Gasteiger partial charge is 0.455 e. The lowest BCUT2D eigenvalue weighted by Crippen LogP contribution is -1.90. The van der Waals surface area contributed by atoms with Gasteiger partial charge in [-0.2, -0.15) is 0 Å². The van der Waals surface area contributed by atoms with E-state index in [-0.39, 0.29) is 5.78 Å². The lowest BCUT2D eigenvalue weighted by Gasteiger charge is -1.98. The van der Waals surface area contributed by atoms with Crippen molar-refractivity contribution in [2.45, 2.75) is 6.92 Å². The third-order valence-electron chi connectivity index (χ3n) is 3.30. The van der Waals surface area contributed by atoms with E-state index in [1.165, 1.54) is 0 Å². The topological polar surface area (TPSA) is 42.6 Å². The van der Waals surface area contributed by atoms with Crippen LogP contribution in [0.25, 0.3) is 11.3 Å². The zero-order chi connectivity index (χ0) is 15.4. The molecule has 0 unspecified atom stereocenters. The zero-order valence-corrected chi connectivity index (χ0v) is 12.2. The Morgan fingerprint density at radius 2 is 1.68 bits per heavy atom. The fraction of sp³-hybridized carbons (Fsp3) is 0.0526. The molecule has 0 atom stereocenters. The molecule has 1 aromatic heterocycles. The number of furan rings is 1. The zero-order valence-electron chi connectivity index (χ0n) is 12.2. The molecular weight excluding hydrogens is 274 g/mol. The Hall–Kier alpha value is -2.94. The highest BCUT2D eigenvalue weighted by molar-refractivity contribution is 5.94. The maximum atomic E-state index is 11.3. The first-order valence-electron chi connectivity index (χ1n) is 7.03. The molecule has 108 valence electrons. The van der Waals surface area contributed by atoms with Crippen LogP contribution in [0.1, 0.15) is 23.0 Å². The second-order valence-corrected chi connectivity index (χ2v) is 4.93. The third kappa shape index (κ3) is 3.20. The van der Waals surface area contributed by atoms with Crippen molar-refractivity contribution in [1.82, 2.24) is 0 Å². The summed E-state index contributed by atoms with van der Waals surface area (Å²) in [4.78, 5) is 15.6. The van der Waals surface area contributed by atoms with Gasteiger partial charge in [-0.1, -0.05) is 42.5 Å². The summed E-state index contributed by atoms with van der Waals surface area (Å²) in [6.45, 7) is 1.56. The molecule has 3 nitrogen and oxygen atoms in total. The first-order valence-corrected chi connectivity index (χ1v) is 7.03. The number of Topliss-reactive ketones (excluding diaryl/α,β-unsaturated/α-hetero) is 1. The third-order valence-corrected chi connectivity index (χ3v) is 3.30. The SMILES string of the molecule is CC(=O)c1ccc(-c2ccc(C=Nc3ccccc3)o2)cc1. The van der Waals surface area contributed by atoms with Crippen LogP contribution in [0.15, 0.2) is 76.1 Å². The van der Waals surface area contributed by atoms with E-state index >= 15 is 0 Å². The Kier molecular flexibility index (Phi) is 3.97.